The van der Waals surface area contributed by atoms with E-state index in [1.165, 1.54) is 0 Å². The lowest BCUT2D eigenvalue weighted by atomic mass is 10.2. The van der Waals surface area contributed by atoms with Crippen molar-refractivity contribution < 1.29 is 19.1 Å². The van der Waals surface area contributed by atoms with Gasteiger partial charge in [0.25, 0.3) is 11.1 Å². The Morgan fingerprint density at radius 3 is 2.61 bits per heavy atom. The van der Waals surface area contributed by atoms with Gasteiger partial charge in [0.1, 0.15) is 12.3 Å². The predicted octanol–water partition coefficient (Wildman–Crippen LogP) is 4.07. The number of hydrogen-bond donors (Lipinski definition) is 1. The maximum Gasteiger partial charge on any atom is 0.294 e. The third-order valence-corrected chi connectivity index (χ3v) is 4.87. The SMILES string of the molecule is CCOc1ccc(/C=C2/SC(=O)N(CC(=O)Nc3cccc(C)c3)C2=O)cc1. The Morgan fingerprint density at radius 2 is 1.93 bits per heavy atom. The number of amides is 3. The summed E-state index contributed by atoms with van der Waals surface area (Å²) in [6.45, 7) is 4.07. The topological polar surface area (TPSA) is 75.7 Å². The Kier molecular flexibility index (Phi) is 6.16. The van der Waals surface area contributed by atoms with E-state index < -0.39 is 17.1 Å². The highest BCUT2D eigenvalue weighted by molar-refractivity contribution is 8.18. The summed E-state index contributed by atoms with van der Waals surface area (Å²) in [5.41, 5.74) is 2.40. The molecule has 0 atom stereocenters. The van der Waals surface area contributed by atoms with Crippen LogP contribution in [0.1, 0.15) is 18.1 Å². The Balaban J connectivity index is 1.66. The molecule has 7 heteroatoms. The van der Waals surface area contributed by atoms with Crippen LogP contribution in [0.4, 0.5) is 10.5 Å². The normalized spacial score (nSPS) is 15.2. The van der Waals surface area contributed by atoms with Gasteiger partial charge in [0.15, 0.2) is 0 Å². The standard InChI is InChI=1S/C21H20N2O4S/c1-3-27-17-9-7-15(8-10-17)12-18-20(25)23(21(26)28-18)13-19(24)22-16-6-4-5-14(2)11-16/h4-12H,3,13H2,1-2H3,(H,22,24)/b18-12+. The van der Waals surface area contributed by atoms with Crippen molar-refractivity contribution in [1.29, 1.82) is 0 Å². The smallest absolute Gasteiger partial charge is 0.294 e. The van der Waals surface area contributed by atoms with E-state index in [-0.39, 0.29) is 11.4 Å². The minimum Gasteiger partial charge on any atom is -0.494 e. The van der Waals surface area contributed by atoms with Crippen molar-refractivity contribution in [3.05, 3.63) is 64.6 Å². The van der Waals surface area contributed by atoms with Crippen LogP contribution in [0.15, 0.2) is 53.4 Å². The van der Waals surface area contributed by atoms with Crippen LogP contribution in [0, 0.1) is 6.92 Å². The molecule has 0 aliphatic carbocycles. The Labute approximate surface area is 167 Å². The molecule has 144 valence electrons. The van der Waals surface area contributed by atoms with E-state index in [0.717, 1.165) is 33.5 Å². The molecule has 0 bridgehead atoms. The number of ether oxygens (including phenoxy) is 1. The van der Waals surface area contributed by atoms with Gasteiger partial charge in [-0.3, -0.25) is 19.3 Å². The van der Waals surface area contributed by atoms with Crippen LogP contribution in [0.25, 0.3) is 6.08 Å². The average molecular weight is 396 g/mol. The number of nitrogens with one attached hydrogen (secondary N) is 1. The fourth-order valence-corrected chi connectivity index (χ4v) is 3.52. The van der Waals surface area contributed by atoms with Gasteiger partial charge in [0.2, 0.25) is 5.91 Å². The first kappa shape index (κ1) is 19.7. The number of benzene rings is 2. The Bertz CT molecular complexity index is 938. The monoisotopic (exact) mass is 396 g/mol. The molecule has 1 aliphatic heterocycles. The number of anilines is 1. The first-order valence-corrected chi connectivity index (χ1v) is 9.62. The molecule has 0 aromatic heterocycles. The molecule has 1 N–H and O–H groups in total. The molecule has 1 heterocycles. The van der Waals surface area contributed by atoms with Crippen molar-refractivity contribution in [1.82, 2.24) is 4.90 Å². The zero-order valence-electron chi connectivity index (χ0n) is 15.6. The number of hydrogen-bond acceptors (Lipinski definition) is 5. The minimum atomic E-state index is -0.469. The summed E-state index contributed by atoms with van der Waals surface area (Å²) in [6.07, 6.45) is 1.64. The molecule has 3 rings (SSSR count). The maximum absolute atomic E-state index is 12.5. The number of rotatable bonds is 6. The Hall–Kier alpha value is -3.06. The highest BCUT2D eigenvalue weighted by atomic mass is 32.2. The van der Waals surface area contributed by atoms with Crippen LogP contribution in [0.5, 0.6) is 5.75 Å². The average Bonchev–Trinajstić information content (AvgIpc) is 2.91. The third-order valence-electron chi connectivity index (χ3n) is 3.97. The van der Waals surface area contributed by atoms with Gasteiger partial charge in [-0.1, -0.05) is 24.3 Å². The molecule has 1 fully saturated rings. The highest BCUT2D eigenvalue weighted by Gasteiger charge is 2.36. The summed E-state index contributed by atoms with van der Waals surface area (Å²) in [6, 6.07) is 14.5. The molecular weight excluding hydrogens is 376 g/mol. The zero-order valence-corrected chi connectivity index (χ0v) is 16.4. The summed E-state index contributed by atoms with van der Waals surface area (Å²) in [4.78, 5) is 38.2. The Morgan fingerprint density at radius 1 is 1.18 bits per heavy atom. The lowest BCUT2D eigenvalue weighted by Gasteiger charge is -2.12. The van der Waals surface area contributed by atoms with Gasteiger partial charge in [-0.2, -0.15) is 0 Å². The number of imide groups is 1. The van der Waals surface area contributed by atoms with Crippen molar-refractivity contribution >= 4 is 40.6 Å². The van der Waals surface area contributed by atoms with Gasteiger partial charge < -0.3 is 10.1 Å². The molecule has 28 heavy (non-hydrogen) atoms. The predicted molar refractivity (Wildman–Crippen MR) is 110 cm³/mol. The molecule has 1 saturated heterocycles. The van der Waals surface area contributed by atoms with Crippen molar-refractivity contribution in [2.75, 3.05) is 18.5 Å². The van der Waals surface area contributed by atoms with Gasteiger partial charge in [-0.25, -0.2) is 0 Å². The quantitative estimate of drug-likeness (QED) is 0.745. The zero-order chi connectivity index (χ0) is 20.1. The van der Waals surface area contributed by atoms with E-state index >= 15 is 0 Å². The van der Waals surface area contributed by atoms with E-state index in [1.54, 1.807) is 24.3 Å². The number of carbonyl (C=O) groups is 3. The van der Waals surface area contributed by atoms with E-state index in [1.807, 2.05) is 44.2 Å². The molecule has 1 aliphatic rings. The second kappa shape index (κ2) is 8.75. The fourth-order valence-electron chi connectivity index (χ4n) is 2.68. The van der Waals surface area contributed by atoms with E-state index in [4.69, 9.17) is 4.74 Å². The van der Waals surface area contributed by atoms with Crippen molar-refractivity contribution in [3.8, 4) is 5.75 Å². The number of nitrogens with zero attached hydrogens (tertiary/aromatic N) is 1. The molecule has 2 aromatic carbocycles. The molecule has 6 nitrogen and oxygen atoms in total. The molecule has 2 aromatic rings. The summed E-state index contributed by atoms with van der Waals surface area (Å²) in [5.74, 6) is -0.154. The largest absolute Gasteiger partial charge is 0.494 e. The summed E-state index contributed by atoms with van der Waals surface area (Å²) >= 11 is 0.829. The molecule has 0 unspecified atom stereocenters. The first-order valence-electron chi connectivity index (χ1n) is 8.81. The summed E-state index contributed by atoms with van der Waals surface area (Å²) in [7, 11) is 0. The number of aryl methyl sites for hydroxylation is 1. The van der Waals surface area contributed by atoms with Crippen molar-refractivity contribution in [2.45, 2.75) is 13.8 Å². The first-order chi connectivity index (χ1) is 13.5. The van der Waals surface area contributed by atoms with Crippen LogP contribution in [-0.4, -0.2) is 35.1 Å². The number of thioether (sulfide) groups is 1. The third kappa shape index (κ3) is 4.80. The van der Waals surface area contributed by atoms with Crippen LogP contribution >= 0.6 is 11.8 Å². The van der Waals surface area contributed by atoms with Gasteiger partial charge >= 0.3 is 0 Å². The molecular formula is C21H20N2O4S. The molecule has 3 amide bonds. The lowest BCUT2D eigenvalue weighted by molar-refractivity contribution is -0.127. The van der Waals surface area contributed by atoms with Gasteiger partial charge in [-0.05, 0) is 67.1 Å². The van der Waals surface area contributed by atoms with Gasteiger partial charge in [0, 0.05) is 5.69 Å². The molecule has 0 radical (unpaired) electrons. The minimum absolute atomic E-state index is 0.289. The maximum atomic E-state index is 12.5. The fraction of sp³-hybridized carbons (Fsp3) is 0.190. The van der Waals surface area contributed by atoms with Crippen LogP contribution in [-0.2, 0) is 9.59 Å². The van der Waals surface area contributed by atoms with Gasteiger partial charge in [-0.15, -0.1) is 0 Å². The van der Waals surface area contributed by atoms with Crippen LogP contribution < -0.4 is 10.1 Å². The van der Waals surface area contributed by atoms with Gasteiger partial charge in [0.05, 0.1) is 11.5 Å². The number of carbonyl (C=O) groups excluding carboxylic acids is 3. The highest BCUT2D eigenvalue weighted by Crippen LogP contribution is 2.32. The molecule has 0 spiro atoms. The summed E-state index contributed by atoms with van der Waals surface area (Å²) < 4.78 is 5.39. The van der Waals surface area contributed by atoms with Crippen molar-refractivity contribution in [2.24, 2.45) is 0 Å². The lowest BCUT2D eigenvalue weighted by Crippen LogP contribution is -2.36. The second-order valence-electron chi connectivity index (χ2n) is 6.19. The second-order valence-corrected chi connectivity index (χ2v) is 7.18. The van der Waals surface area contributed by atoms with Crippen molar-refractivity contribution in [3.63, 3.8) is 0 Å². The molecule has 0 saturated carbocycles. The van der Waals surface area contributed by atoms with E-state index in [9.17, 15) is 14.4 Å². The van der Waals surface area contributed by atoms with Crippen LogP contribution in [0.2, 0.25) is 0 Å². The van der Waals surface area contributed by atoms with Crippen LogP contribution in [0.3, 0.4) is 0 Å². The van der Waals surface area contributed by atoms with E-state index in [2.05, 4.69) is 5.32 Å². The van der Waals surface area contributed by atoms with E-state index in [0.29, 0.717) is 12.3 Å². The summed E-state index contributed by atoms with van der Waals surface area (Å²) in [5, 5.41) is 2.25.